The van der Waals surface area contributed by atoms with Gasteiger partial charge in [-0.3, -0.25) is 0 Å². The van der Waals surface area contributed by atoms with Crippen LogP contribution in [0.2, 0.25) is 71.5 Å². The molecule has 0 aromatic rings. The van der Waals surface area contributed by atoms with Crippen LogP contribution in [0.25, 0.3) is 0 Å². The van der Waals surface area contributed by atoms with E-state index in [-0.39, 0.29) is 0 Å². The summed E-state index contributed by atoms with van der Waals surface area (Å²) in [5.41, 5.74) is 0. The van der Waals surface area contributed by atoms with E-state index in [0.717, 1.165) is 12.5 Å². The highest BCUT2D eigenvalue weighted by Gasteiger charge is 2.50. The van der Waals surface area contributed by atoms with E-state index in [0.29, 0.717) is 0 Å². The van der Waals surface area contributed by atoms with Gasteiger partial charge in [0.1, 0.15) is 0 Å². The largest absolute Gasteiger partial charge is 0.478 e. The molecule has 0 rings (SSSR count). The molecule has 0 aliphatic rings. The number of hydrogen-bond donors (Lipinski definition) is 0. The lowest BCUT2D eigenvalue weighted by Gasteiger charge is -2.43. The molecule has 5 nitrogen and oxygen atoms in total. The molecular weight excluding hydrogens is 473 g/mol. The molecule has 0 aliphatic carbocycles. The van der Waals surface area contributed by atoms with Crippen LogP contribution in [-0.2, 0) is 20.9 Å². The Labute approximate surface area is 200 Å². The Kier molecular flexibility index (Phi) is 14.1. The van der Waals surface area contributed by atoms with Crippen LogP contribution in [0.15, 0.2) is 0 Å². The summed E-state index contributed by atoms with van der Waals surface area (Å²) in [5, 5.41) is 0. The van der Waals surface area contributed by atoms with Crippen molar-refractivity contribution in [3.63, 3.8) is 0 Å². The van der Waals surface area contributed by atoms with Crippen molar-refractivity contribution in [1.29, 1.82) is 0 Å². The van der Waals surface area contributed by atoms with E-state index in [1.807, 2.05) is 6.55 Å². The van der Waals surface area contributed by atoms with Crippen molar-refractivity contribution in [2.75, 3.05) is 7.11 Å². The summed E-state index contributed by atoms with van der Waals surface area (Å²) in [5.74, 6) is 0. The molecular formula is C21H54O5Si5. The molecule has 0 N–H and O–H groups in total. The van der Waals surface area contributed by atoms with Crippen LogP contribution in [0.1, 0.15) is 58.3 Å². The first kappa shape index (κ1) is 31.9. The van der Waals surface area contributed by atoms with Crippen LogP contribution in [0.4, 0.5) is 0 Å². The van der Waals surface area contributed by atoms with E-state index in [2.05, 4.69) is 65.8 Å². The molecule has 0 heterocycles. The number of hydrogen-bond acceptors (Lipinski definition) is 5. The molecule has 0 radical (unpaired) electrons. The van der Waals surface area contributed by atoms with E-state index in [4.69, 9.17) is 20.9 Å². The highest BCUT2D eigenvalue weighted by Crippen LogP contribution is 2.30. The standard InChI is InChI=1S/C21H54O5Si5/c1-13-14-15-16-17-18-19-20-21-30(11,25-29(9,10)23-27(3,4)5)26-31(12,22-2)24-28(6,7)8/h13-21H2,1-12H3. The maximum absolute atomic E-state index is 6.83. The minimum Gasteiger partial charge on any atom is -0.437 e. The lowest BCUT2D eigenvalue weighted by Crippen LogP contribution is -2.61. The Morgan fingerprint density at radius 2 is 0.968 bits per heavy atom. The lowest BCUT2D eigenvalue weighted by atomic mass is 10.1. The topological polar surface area (TPSA) is 46.2 Å². The van der Waals surface area contributed by atoms with E-state index >= 15 is 0 Å². The van der Waals surface area contributed by atoms with Crippen molar-refractivity contribution in [2.45, 2.75) is 130 Å². The Hall–Kier alpha value is 0.884. The van der Waals surface area contributed by atoms with E-state index in [1.165, 1.54) is 44.9 Å². The SMILES string of the molecule is CCCCCCCCCC[Si](C)(O[Si](C)(C)O[Si](C)(C)C)O[Si](C)(OC)O[Si](C)(C)C. The number of rotatable bonds is 18. The highest BCUT2D eigenvalue weighted by atomic mass is 28.5. The van der Waals surface area contributed by atoms with Crippen molar-refractivity contribution in [3.8, 4) is 0 Å². The summed E-state index contributed by atoms with van der Waals surface area (Å²) in [4.78, 5) is 0. The summed E-state index contributed by atoms with van der Waals surface area (Å²) in [7, 11) is -9.39. The Morgan fingerprint density at radius 1 is 0.516 bits per heavy atom. The van der Waals surface area contributed by atoms with Gasteiger partial charge in [-0.1, -0.05) is 58.3 Å². The summed E-state index contributed by atoms with van der Waals surface area (Å²) < 4.78 is 32.4. The fraction of sp³-hybridized carbons (Fsp3) is 1.00. The van der Waals surface area contributed by atoms with Gasteiger partial charge in [0.25, 0.3) is 0 Å². The van der Waals surface area contributed by atoms with Crippen molar-refractivity contribution in [2.24, 2.45) is 0 Å². The molecule has 0 saturated heterocycles. The fourth-order valence-electron chi connectivity index (χ4n) is 4.03. The Morgan fingerprint density at radius 3 is 1.39 bits per heavy atom. The number of unbranched alkanes of at least 4 members (excludes halogenated alkanes) is 7. The predicted molar refractivity (Wildman–Crippen MR) is 146 cm³/mol. The Bertz CT molecular complexity index is 496. The second-order valence-electron chi connectivity index (χ2n) is 11.5. The third-order valence-electron chi connectivity index (χ3n) is 4.76. The molecule has 0 saturated carbocycles. The van der Waals surface area contributed by atoms with E-state index in [9.17, 15) is 0 Å². The molecule has 0 aliphatic heterocycles. The highest BCUT2D eigenvalue weighted by molar-refractivity contribution is 6.89. The van der Waals surface area contributed by atoms with Crippen LogP contribution >= 0.6 is 0 Å². The molecule has 2 atom stereocenters. The van der Waals surface area contributed by atoms with Gasteiger partial charge in [0, 0.05) is 13.7 Å². The predicted octanol–water partition coefficient (Wildman–Crippen LogP) is 7.85. The molecule has 0 fully saturated rings. The molecule has 0 bridgehead atoms. The summed E-state index contributed by atoms with van der Waals surface area (Å²) >= 11 is 0. The smallest absolute Gasteiger partial charge is 0.437 e. The lowest BCUT2D eigenvalue weighted by molar-refractivity contribution is 0.184. The van der Waals surface area contributed by atoms with Crippen LogP contribution in [0, 0.1) is 0 Å². The summed E-state index contributed by atoms with van der Waals surface area (Å²) in [6, 6.07) is 0.967. The molecule has 0 aromatic carbocycles. The minimum atomic E-state index is -2.77. The van der Waals surface area contributed by atoms with Crippen molar-refractivity contribution >= 4 is 42.6 Å². The van der Waals surface area contributed by atoms with Gasteiger partial charge < -0.3 is 20.9 Å². The van der Waals surface area contributed by atoms with Gasteiger partial charge in [-0.2, -0.15) is 0 Å². The molecule has 10 heteroatoms. The molecule has 31 heavy (non-hydrogen) atoms. The van der Waals surface area contributed by atoms with Gasteiger partial charge in [0.2, 0.25) is 0 Å². The zero-order valence-electron chi connectivity index (χ0n) is 22.9. The quantitative estimate of drug-likeness (QED) is 0.134. The van der Waals surface area contributed by atoms with Crippen LogP contribution in [0.5, 0.6) is 0 Å². The first-order valence-corrected chi connectivity index (χ1v) is 26.7. The normalized spacial score (nSPS) is 17.4. The first-order chi connectivity index (χ1) is 13.9. The van der Waals surface area contributed by atoms with Crippen LogP contribution in [0.3, 0.4) is 0 Å². The average molecular weight is 527 g/mol. The maximum atomic E-state index is 6.83. The van der Waals surface area contributed by atoms with Gasteiger partial charge in [0.15, 0.2) is 16.6 Å². The van der Waals surface area contributed by atoms with Crippen LogP contribution < -0.4 is 0 Å². The van der Waals surface area contributed by atoms with Crippen LogP contribution in [-0.4, -0.2) is 49.7 Å². The van der Waals surface area contributed by atoms with Gasteiger partial charge >= 0.3 is 25.9 Å². The zero-order valence-corrected chi connectivity index (χ0v) is 27.9. The second kappa shape index (κ2) is 13.7. The molecule has 2 unspecified atom stereocenters. The molecule has 0 aromatic heterocycles. The summed E-state index contributed by atoms with van der Waals surface area (Å²) in [6.45, 7) is 24.1. The fourth-order valence-corrected chi connectivity index (χ4v) is 25.7. The second-order valence-corrected chi connectivity index (χ2v) is 30.9. The third kappa shape index (κ3) is 17.0. The van der Waals surface area contributed by atoms with Crippen molar-refractivity contribution < 1.29 is 20.9 Å². The monoisotopic (exact) mass is 526 g/mol. The molecule has 0 spiro atoms. The van der Waals surface area contributed by atoms with Gasteiger partial charge in [0.05, 0.1) is 0 Å². The van der Waals surface area contributed by atoms with Gasteiger partial charge in [-0.15, -0.1) is 0 Å². The van der Waals surface area contributed by atoms with Crippen molar-refractivity contribution in [3.05, 3.63) is 0 Å². The van der Waals surface area contributed by atoms with Gasteiger partial charge in [-0.25, -0.2) is 0 Å². The summed E-state index contributed by atoms with van der Waals surface area (Å²) in [6.07, 6.45) is 10.4. The molecule has 0 amide bonds. The molecule has 188 valence electrons. The van der Waals surface area contributed by atoms with E-state index in [1.54, 1.807) is 7.11 Å². The Balaban J connectivity index is 5.19. The van der Waals surface area contributed by atoms with Gasteiger partial charge in [-0.05, 0) is 65.0 Å². The van der Waals surface area contributed by atoms with Crippen molar-refractivity contribution in [1.82, 2.24) is 0 Å². The third-order valence-corrected chi connectivity index (χ3v) is 22.0. The van der Waals surface area contributed by atoms with E-state index < -0.39 is 42.6 Å². The average Bonchev–Trinajstić information content (AvgIpc) is 2.52. The minimum absolute atomic E-state index is 0.967. The maximum Gasteiger partial charge on any atom is 0.478 e. The zero-order chi connectivity index (χ0) is 24.4. The first-order valence-electron chi connectivity index (χ1n) is 12.3.